The van der Waals surface area contributed by atoms with Gasteiger partial charge in [-0.3, -0.25) is 4.79 Å². The van der Waals surface area contributed by atoms with E-state index in [2.05, 4.69) is 19.3 Å². The molecular weight excluding hydrogens is 249 g/mol. The van der Waals surface area contributed by atoms with Gasteiger partial charge < -0.3 is 6.26 Å². The van der Waals surface area contributed by atoms with Crippen molar-refractivity contribution in [1.29, 1.82) is 0 Å². The van der Waals surface area contributed by atoms with Gasteiger partial charge in [0.15, 0.2) is 0 Å². The molecule has 0 rings (SSSR count). The maximum absolute atomic E-state index is 10.9. The van der Waals surface area contributed by atoms with Gasteiger partial charge in [-0.15, -0.1) is 0 Å². The van der Waals surface area contributed by atoms with Gasteiger partial charge in [0.1, 0.15) is 0 Å². The van der Waals surface area contributed by atoms with E-state index >= 15 is 0 Å². The van der Waals surface area contributed by atoms with Gasteiger partial charge in [-0.2, -0.15) is 5.48 Å². The molecule has 0 aliphatic rings. The quantitative estimate of drug-likeness (QED) is 0.334. The fraction of sp³-hybridized carbons (Fsp3) is 0.933. The molecule has 1 unspecified atom stereocenters. The van der Waals surface area contributed by atoms with Gasteiger partial charge in [-0.25, -0.2) is 0 Å². The number of carbonyl (C=O) groups excluding carboxylic acids is 1. The third kappa shape index (κ3) is 16.4. The van der Waals surface area contributed by atoms with Crippen LogP contribution in [0, 0.1) is 0 Å². The molecule has 4 heteroatoms. The second-order valence-corrected chi connectivity index (χ2v) is 5.11. The van der Waals surface area contributed by atoms with E-state index in [0.717, 1.165) is 6.42 Å². The molecule has 0 amide bonds. The Bertz CT molecular complexity index is 206. The van der Waals surface area contributed by atoms with Crippen LogP contribution in [0.3, 0.4) is 0 Å². The molecule has 0 aromatic rings. The largest absolute Gasteiger partial charge is 1.00 e. The molecule has 0 bridgehead atoms. The first-order valence-corrected chi connectivity index (χ1v) is 7.65. The van der Waals surface area contributed by atoms with Crippen molar-refractivity contribution in [3.8, 4) is 0 Å². The van der Waals surface area contributed by atoms with Crippen molar-refractivity contribution in [2.24, 2.45) is 0 Å². The zero-order valence-corrected chi connectivity index (χ0v) is 15.5. The van der Waals surface area contributed by atoms with Crippen LogP contribution in [0.1, 0.15) is 86.4 Å². The molecular formula is C15H32NNaO2. The summed E-state index contributed by atoms with van der Waals surface area (Å²) in [7, 11) is 0. The molecule has 0 aliphatic heterocycles. The topological polar surface area (TPSA) is 38.3 Å². The fourth-order valence-corrected chi connectivity index (χ4v) is 1.88. The molecule has 1 atom stereocenters. The Morgan fingerprint density at radius 2 is 1.58 bits per heavy atom. The van der Waals surface area contributed by atoms with Gasteiger partial charge in [0.25, 0.3) is 0 Å². The molecule has 19 heavy (non-hydrogen) atoms. The first kappa shape index (κ1) is 21.7. The number of hydrogen-bond donors (Lipinski definition) is 1. The van der Waals surface area contributed by atoms with E-state index in [9.17, 15) is 4.79 Å². The number of unbranched alkanes of at least 4 members (excludes halogenated alkanes) is 7. The summed E-state index contributed by atoms with van der Waals surface area (Å²) in [5.41, 5.74) is 2.80. The summed E-state index contributed by atoms with van der Waals surface area (Å²) in [4.78, 5) is 15.8. The summed E-state index contributed by atoms with van der Waals surface area (Å²) in [5, 5.41) is 0. The van der Waals surface area contributed by atoms with Crippen molar-refractivity contribution in [2.45, 2.75) is 91.0 Å². The van der Waals surface area contributed by atoms with Gasteiger partial charge in [0.2, 0.25) is 0 Å². The normalized spacial score (nSPS) is 11.7. The molecule has 0 spiro atoms. The Labute approximate surface area is 143 Å². The summed E-state index contributed by atoms with van der Waals surface area (Å²) in [5.74, 6) is -0.183. The zero-order chi connectivity index (χ0) is 13.6. The van der Waals surface area contributed by atoms with Crippen LogP contribution in [0.5, 0.6) is 0 Å². The van der Waals surface area contributed by atoms with Gasteiger partial charge >= 0.3 is 35.5 Å². The fourth-order valence-electron chi connectivity index (χ4n) is 1.88. The molecule has 0 aromatic heterocycles. The van der Waals surface area contributed by atoms with Crippen LogP contribution in [0.2, 0.25) is 0 Å². The van der Waals surface area contributed by atoms with E-state index < -0.39 is 0 Å². The molecule has 0 aromatic carbocycles. The molecule has 110 valence electrons. The summed E-state index contributed by atoms with van der Waals surface area (Å²) >= 11 is 0. The molecule has 0 aliphatic carbocycles. The monoisotopic (exact) mass is 281 g/mol. The average molecular weight is 281 g/mol. The minimum absolute atomic E-state index is 0. The van der Waals surface area contributed by atoms with E-state index in [1.165, 1.54) is 51.4 Å². The minimum atomic E-state index is -0.183. The maximum atomic E-state index is 10.9. The molecule has 3 nitrogen and oxygen atoms in total. The van der Waals surface area contributed by atoms with E-state index in [-0.39, 0.29) is 43.0 Å². The van der Waals surface area contributed by atoms with Crippen LogP contribution in [-0.4, -0.2) is 12.0 Å². The third-order valence-corrected chi connectivity index (χ3v) is 3.15. The molecule has 0 saturated carbocycles. The predicted octanol–water partition coefficient (Wildman–Crippen LogP) is 1.48. The first-order chi connectivity index (χ1) is 8.70. The van der Waals surface area contributed by atoms with Crippen LogP contribution in [0.4, 0.5) is 0 Å². The van der Waals surface area contributed by atoms with Crippen LogP contribution >= 0.6 is 0 Å². The zero-order valence-electron chi connectivity index (χ0n) is 14.5. The van der Waals surface area contributed by atoms with E-state index in [1.54, 1.807) is 6.92 Å². The second-order valence-electron chi connectivity index (χ2n) is 5.11. The second kappa shape index (κ2) is 16.5. The Morgan fingerprint density at radius 1 is 1.05 bits per heavy atom. The van der Waals surface area contributed by atoms with E-state index in [0.29, 0.717) is 6.42 Å². The van der Waals surface area contributed by atoms with Gasteiger partial charge in [0, 0.05) is 12.5 Å². The number of nitrogens with one attached hydrogen (secondary N) is 1. The summed E-state index contributed by atoms with van der Waals surface area (Å²) in [6.07, 6.45) is 12.2. The first-order valence-electron chi connectivity index (χ1n) is 7.65. The third-order valence-electron chi connectivity index (χ3n) is 3.15. The number of carbonyl (C=O) groups is 1. The van der Waals surface area contributed by atoms with Gasteiger partial charge in [0.05, 0.1) is 0 Å². The Balaban J connectivity index is -0.00000144. The molecule has 0 radical (unpaired) electrons. The minimum Gasteiger partial charge on any atom is -1.00 e. The Kier molecular flexibility index (Phi) is 18.8. The van der Waals surface area contributed by atoms with Crippen LogP contribution < -0.4 is 35.0 Å². The van der Waals surface area contributed by atoms with Crippen LogP contribution in [0.15, 0.2) is 0 Å². The number of hydroxylamine groups is 1. The Hall–Kier alpha value is 0.430. The molecule has 1 N–H and O–H groups in total. The predicted molar refractivity (Wildman–Crippen MR) is 77.3 cm³/mol. The van der Waals surface area contributed by atoms with Gasteiger partial charge in [-0.05, 0) is 13.3 Å². The van der Waals surface area contributed by atoms with Crippen molar-refractivity contribution in [3.63, 3.8) is 0 Å². The standard InChI is InChI=1S/C15H31NO2.Na.H/c1-4-6-7-8-9-10-11-12-13-14(3)16-18-15(17)5-2;;/h14,16H,4-13H2,1-3H3;;/q;+1;-1. The van der Waals surface area contributed by atoms with E-state index in [4.69, 9.17) is 4.84 Å². The molecule has 0 saturated heterocycles. The van der Waals surface area contributed by atoms with Crippen molar-refractivity contribution in [1.82, 2.24) is 5.48 Å². The van der Waals surface area contributed by atoms with Crippen LogP contribution in [-0.2, 0) is 9.63 Å². The smallest absolute Gasteiger partial charge is 1.00 e. The summed E-state index contributed by atoms with van der Waals surface area (Å²) in [6, 6.07) is 0.264. The Morgan fingerprint density at radius 3 is 2.11 bits per heavy atom. The summed E-state index contributed by atoms with van der Waals surface area (Å²) < 4.78 is 0. The van der Waals surface area contributed by atoms with Crippen molar-refractivity contribution < 1.29 is 40.6 Å². The van der Waals surface area contributed by atoms with Gasteiger partial charge in [-0.1, -0.05) is 65.2 Å². The van der Waals surface area contributed by atoms with Crippen LogP contribution in [0.25, 0.3) is 0 Å². The summed E-state index contributed by atoms with van der Waals surface area (Å²) in [6.45, 7) is 6.11. The SMILES string of the molecule is CCCCCCCCCCC(C)NOC(=O)CC.[H-].[Na+]. The number of hydrogen-bond acceptors (Lipinski definition) is 3. The van der Waals surface area contributed by atoms with Crippen molar-refractivity contribution in [2.75, 3.05) is 0 Å². The van der Waals surface area contributed by atoms with E-state index in [1.807, 2.05) is 0 Å². The molecule has 0 fully saturated rings. The molecule has 0 heterocycles. The van der Waals surface area contributed by atoms with Crippen molar-refractivity contribution >= 4 is 5.97 Å². The number of rotatable bonds is 12. The maximum Gasteiger partial charge on any atom is 1.00 e. The average Bonchev–Trinajstić information content (AvgIpc) is 2.39. The van der Waals surface area contributed by atoms with Crippen molar-refractivity contribution in [3.05, 3.63) is 0 Å².